The number of hydrogen-bond donors (Lipinski definition) is 2. The topological polar surface area (TPSA) is 117 Å². The van der Waals surface area contributed by atoms with Crippen LogP contribution < -0.4 is 4.74 Å². The van der Waals surface area contributed by atoms with Crippen LogP contribution in [0.1, 0.15) is 37.0 Å². The summed E-state index contributed by atoms with van der Waals surface area (Å²) in [6, 6.07) is 7.98. The van der Waals surface area contributed by atoms with E-state index in [0.717, 1.165) is 44.8 Å². The molecule has 0 saturated carbocycles. The van der Waals surface area contributed by atoms with Crippen LogP contribution in [0.3, 0.4) is 0 Å². The Labute approximate surface area is 176 Å². The molecule has 166 valence electrons. The van der Waals surface area contributed by atoms with Crippen LogP contribution in [0.4, 0.5) is 0 Å². The number of aliphatic carboxylic acids is 2. The standard InChI is InChI=1S/C19H28N2O3.C2H2O4/c1-14-12-21(13-15(2)24-14)17-7-9-20(10-8-17)19(22)16-5-4-6-18(11-16)23-3;3-1(4)2(5)6/h4-6,11,14-15,17H,7-10,12-13H2,1-3H3;(H,3,4)(H,5,6). The second-order valence-corrected chi connectivity index (χ2v) is 7.58. The van der Waals surface area contributed by atoms with Gasteiger partial charge in [-0.2, -0.15) is 0 Å². The number of ether oxygens (including phenoxy) is 2. The first-order valence-electron chi connectivity index (χ1n) is 10.00. The molecule has 2 fully saturated rings. The largest absolute Gasteiger partial charge is 0.497 e. The van der Waals surface area contributed by atoms with E-state index in [0.29, 0.717) is 23.8 Å². The monoisotopic (exact) mass is 422 g/mol. The summed E-state index contributed by atoms with van der Waals surface area (Å²) < 4.78 is 11.0. The lowest BCUT2D eigenvalue weighted by Gasteiger charge is -2.43. The average Bonchev–Trinajstić information content (AvgIpc) is 2.73. The Hall–Kier alpha value is -2.65. The van der Waals surface area contributed by atoms with E-state index in [9.17, 15) is 4.79 Å². The molecule has 1 aromatic rings. The fourth-order valence-corrected chi connectivity index (χ4v) is 3.89. The minimum atomic E-state index is -1.82. The number of benzene rings is 1. The molecule has 0 bridgehead atoms. The van der Waals surface area contributed by atoms with Gasteiger partial charge < -0.3 is 24.6 Å². The molecule has 1 aromatic carbocycles. The Kier molecular flexibility index (Phi) is 8.61. The number of rotatable bonds is 3. The molecule has 0 aromatic heterocycles. The smallest absolute Gasteiger partial charge is 0.414 e. The van der Waals surface area contributed by atoms with Gasteiger partial charge in [0.15, 0.2) is 0 Å². The van der Waals surface area contributed by atoms with Crippen LogP contribution in [0.25, 0.3) is 0 Å². The van der Waals surface area contributed by atoms with Crippen LogP contribution >= 0.6 is 0 Å². The lowest BCUT2D eigenvalue weighted by Crippen LogP contribution is -2.53. The number of carbonyl (C=O) groups excluding carboxylic acids is 1. The number of carbonyl (C=O) groups is 3. The Bertz CT molecular complexity index is 725. The Morgan fingerprint density at radius 3 is 2.10 bits per heavy atom. The van der Waals surface area contributed by atoms with E-state index in [-0.39, 0.29) is 5.91 Å². The minimum Gasteiger partial charge on any atom is -0.497 e. The van der Waals surface area contributed by atoms with Crippen molar-refractivity contribution in [3.8, 4) is 5.75 Å². The number of amides is 1. The zero-order valence-electron chi connectivity index (χ0n) is 17.6. The van der Waals surface area contributed by atoms with Gasteiger partial charge >= 0.3 is 11.9 Å². The molecule has 1 amide bonds. The van der Waals surface area contributed by atoms with Crippen molar-refractivity contribution in [2.75, 3.05) is 33.3 Å². The molecule has 0 aliphatic carbocycles. The highest BCUT2D eigenvalue weighted by Gasteiger charge is 2.31. The molecule has 0 radical (unpaired) electrons. The fraction of sp³-hybridized carbons (Fsp3) is 0.571. The first kappa shape index (κ1) is 23.6. The summed E-state index contributed by atoms with van der Waals surface area (Å²) in [7, 11) is 1.62. The van der Waals surface area contributed by atoms with Gasteiger partial charge in [0.2, 0.25) is 0 Å². The van der Waals surface area contributed by atoms with Crippen molar-refractivity contribution in [1.29, 1.82) is 0 Å². The van der Waals surface area contributed by atoms with Crippen LogP contribution in [0, 0.1) is 0 Å². The second-order valence-electron chi connectivity index (χ2n) is 7.58. The summed E-state index contributed by atoms with van der Waals surface area (Å²) >= 11 is 0. The number of morpholine rings is 1. The van der Waals surface area contributed by atoms with Gasteiger partial charge in [-0.05, 0) is 44.9 Å². The third-order valence-electron chi connectivity index (χ3n) is 5.22. The Balaban J connectivity index is 0.000000469. The molecule has 2 unspecified atom stereocenters. The Morgan fingerprint density at radius 2 is 1.60 bits per heavy atom. The fourth-order valence-electron chi connectivity index (χ4n) is 3.89. The van der Waals surface area contributed by atoms with E-state index in [1.54, 1.807) is 7.11 Å². The molecule has 30 heavy (non-hydrogen) atoms. The van der Waals surface area contributed by atoms with Crippen molar-refractivity contribution in [1.82, 2.24) is 9.80 Å². The zero-order chi connectivity index (χ0) is 22.3. The molecule has 9 heteroatoms. The summed E-state index contributed by atoms with van der Waals surface area (Å²) in [6.45, 7) is 7.92. The predicted molar refractivity (Wildman–Crippen MR) is 109 cm³/mol. The second kappa shape index (κ2) is 10.9. The summed E-state index contributed by atoms with van der Waals surface area (Å²) in [5.74, 6) is -2.81. The van der Waals surface area contributed by atoms with E-state index >= 15 is 0 Å². The van der Waals surface area contributed by atoms with Gasteiger partial charge in [0, 0.05) is 37.8 Å². The van der Waals surface area contributed by atoms with Crippen LogP contribution in [0.2, 0.25) is 0 Å². The van der Waals surface area contributed by atoms with E-state index < -0.39 is 11.9 Å². The van der Waals surface area contributed by atoms with Gasteiger partial charge in [-0.1, -0.05) is 6.07 Å². The summed E-state index contributed by atoms with van der Waals surface area (Å²) in [4.78, 5) is 35.4. The van der Waals surface area contributed by atoms with Crippen LogP contribution in [-0.4, -0.2) is 89.4 Å². The first-order valence-corrected chi connectivity index (χ1v) is 10.00. The summed E-state index contributed by atoms with van der Waals surface area (Å²) in [6.07, 6.45) is 2.67. The number of carboxylic acid groups (broad SMARTS) is 2. The molecule has 2 heterocycles. The van der Waals surface area contributed by atoms with Crippen LogP contribution in [0.5, 0.6) is 5.75 Å². The molecular weight excluding hydrogens is 392 g/mol. The number of piperidine rings is 1. The van der Waals surface area contributed by atoms with Gasteiger partial charge in [0.05, 0.1) is 19.3 Å². The van der Waals surface area contributed by atoms with Gasteiger partial charge in [-0.3, -0.25) is 9.69 Å². The molecule has 2 N–H and O–H groups in total. The van der Waals surface area contributed by atoms with E-state index in [4.69, 9.17) is 29.3 Å². The highest BCUT2D eigenvalue weighted by atomic mass is 16.5. The average molecular weight is 422 g/mol. The zero-order valence-corrected chi connectivity index (χ0v) is 17.6. The minimum absolute atomic E-state index is 0.107. The van der Waals surface area contributed by atoms with Crippen molar-refractivity contribution in [3.63, 3.8) is 0 Å². The molecule has 2 atom stereocenters. The SMILES string of the molecule is COc1cccc(C(=O)N2CCC(N3CC(C)OC(C)C3)CC2)c1.O=C(O)C(=O)O. The van der Waals surface area contributed by atoms with Gasteiger partial charge in [0.25, 0.3) is 5.91 Å². The number of likely N-dealkylation sites (tertiary alicyclic amines) is 1. The van der Waals surface area contributed by atoms with Crippen molar-refractivity contribution in [2.24, 2.45) is 0 Å². The van der Waals surface area contributed by atoms with E-state index in [1.807, 2.05) is 29.2 Å². The van der Waals surface area contributed by atoms with E-state index in [2.05, 4.69) is 18.7 Å². The third kappa shape index (κ3) is 6.70. The van der Waals surface area contributed by atoms with Gasteiger partial charge in [0.1, 0.15) is 5.75 Å². The molecule has 3 rings (SSSR count). The first-order chi connectivity index (χ1) is 14.2. The number of methoxy groups -OCH3 is 1. The van der Waals surface area contributed by atoms with Crippen LogP contribution in [-0.2, 0) is 14.3 Å². The summed E-state index contributed by atoms with van der Waals surface area (Å²) in [5, 5.41) is 14.8. The third-order valence-corrected chi connectivity index (χ3v) is 5.22. The van der Waals surface area contributed by atoms with Gasteiger partial charge in [-0.15, -0.1) is 0 Å². The number of hydrogen-bond acceptors (Lipinski definition) is 6. The lowest BCUT2D eigenvalue weighted by atomic mass is 10.0. The molecule has 9 nitrogen and oxygen atoms in total. The predicted octanol–water partition coefficient (Wildman–Crippen LogP) is 1.56. The molecule has 2 aliphatic rings. The maximum Gasteiger partial charge on any atom is 0.414 e. The number of nitrogens with zero attached hydrogens (tertiary/aromatic N) is 2. The Morgan fingerprint density at radius 1 is 1.03 bits per heavy atom. The molecule has 2 aliphatic heterocycles. The maximum atomic E-state index is 12.7. The highest BCUT2D eigenvalue weighted by Crippen LogP contribution is 2.23. The summed E-state index contributed by atoms with van der Waals surface area (Å²) in [5.41, 5.74) is 0.710. The quantitative estimate of drug-likeness (QED) is 0.705. The van der Waals surface area contributed by atoms with Crippen molar-refractivity contribution in [2.45, 2.75) is 44.9 Å². The molecular formula is C21H30N2O7. The van der Waals surface area contributed by atoms with E-state index in [1.165, 1.54) is 0 Å². The normalized spacial score (nSPS) is 22.6. The molecule has 2 saturated heterocycles. The molecule has 0 spiro atoms. The van der Waals surface area contributed by atoms with Crippen molar-refractivity contribution < 1.29 is 34.1 Å². The van der Waals surface area contributed by atoms with Crippen LogP contribution in [0.15, 0.2) is 24.3 Å². The van der Waals surface area contributed by atoms with Crippen molar-refractivity contribution in [3.05, 3.63) is 29.8 Å². The lowest BCUT2D eigenvalue weighted by molar-refractivity contribution is -0.159. The van der Waals surface area contributed by atoms with Crippen molar-refractivity contribution >= 4 is 17.8 Å². The van der Waals surface area contributed by atoms with Gasteiger partial charge in [-0.25, -0.2) is 9.59 Å². The maximum absolute atomic E-state index is 12.7. The number of carboxylic acids is 2. The highest BCUT2D eigenvalue weighted by molar-refractivity contribution is 6.27.